The summed E-state index contributed by atoms with van der Waals surface area (Å²) in [5.41, 5.74) is 2.47. The molecule has 2 aromatic rings. The molecular weight excluding hydrogens is 208 g/mol. The van der Waals surface area contributed by atoms with Crippen LogP contribution in [0.5, 0.6) is 0 Å². The maximum absolute atomic E-state index is 4.36. The molecule has 1 atom stereocenters. The molecule has 17 heavy (non-hydrogen) atoms. The minimum Gasteiger partial charge on any atom is -0.313 e. The van der Waals surface area contributed by atoms with Crippen molar-refractivity contribution >= 4 is 10.9 Å². The van der Waals surface area contributed by atoms with Crippen LogP contribution in [-0.4, -0.2) is 12.0 Å². The zero-order valence-electron chi connectivity index (χ0n) is 10.2. The molecule has 1 heterocycles. The Morgan fingerprint density at radius 1 is 1.35 bits per heavy atom. The Morgan fingerprint density at radius 3 is 3.00 bits per heavy atom. The molecule has 1 aliphatic rings. The summed E-state index contributed by atoms with van der Waals surface area (Å²) in [6.07, 6.45) is 5.94. The number of aromatic nitrogens is 1. The van der Waals surface area contributed by atoms with Crippen LogP contribution in [0.3, 0.4) is 0 Å². The zero-order chi connectivity index (χ0) is 11.7. The van der Waals surface area contributed by atoms with E-state index in [0.717, 1.165) is 11.4 Å². The topological polar surface area (TPSA) is 24.9 Å². The van der Waals surface area contributed by atoms with E-state index in [1.165, 1.54) is 30.2 Å². The lowest BCUT2D eigenvalue weighted by molar-refractivity contribution is 0.515. The van der Waals surface area contributed by atoms with Crippen LogP contribution < -0.4 is 5.32 Å². The Morgan fingerprint density at radius 2 is 2.24 bits per heavy atom. The van der Waals surface area contributed by atoms with Crippen molar-refractivity contribution in [3.63, 3.8) is 0 Å². The number of benzene rings is 1. The number of nitrogens with zero attached hydrogens (tertiary/aromatic N) is 1. The average molecular weight is 226 g/mol. The van der Waals surface area contributed by atoms with Crippen LogP contribution in [0.2, 0.25) is 0 Å². The van der Waals surface area contributed by atoms with Crippen molar-refractivity contribution in [1.82, 2.24) is 10.3 Å². The van der Waals surface area contributed by atoms with Crippen molar-refractivity contribution in [3.8, 4) is 0 Å². The predicted octanol–water partition coefficient (Wildman–Crippen LogP) is 3.30. The first-order valence-electron chi connectivity index (χ1n) is 6.39. The molecule has 0 saturated heterocycles. The van der Waals surface area contributed by atoms with Crippen LogP contribution in [0.15, 0.2) is 36.5 Å². The minimum atomic E-state index is 0.493. The van der Waals surface area contributed by atoms with E-state index < -0.39 is 0 Å². The molecule has 88 valence electrons. The van der Waals surface area contributed by atoms with E-state index in [1.54, 1.807) is 0 Å². The Labute approximate surface area is 102 Å². The highest BCUT2D eigenvalue weighted by molar-refractivity contribution is 5.79. The van der Waals surface area contributed by atoms with Crippen LogP contribution in [-0.2, 0) is 0 Å². The molecule has 3 rings (SSSR count). The molecule has 1 aliphatic carbocycles. The van der Waals surface area contributed by atoms with E-state index in [-0.39, 0.29) is 0 Å². The molecule has 0 aliphatic heterocycles. The van der Waals surface area contributed by atoms with Crippen LogP contribution in [0.4, 0.5) is 0 Å². The molecule has 1 aromatic carbocycles. The normalized spacial score (nSPS) is 17.2. The Balaban J connectivity index is 1.92. The molecule has 2 heteroatoms. The number of hydrogen-bond donors (Lipinski definition) is 1. The Bertz CT molecular complexity index is 517. The summed E-state index contributed by atoms with van der Waals surface area (Å²) in [4.78, 5) is 4.36. The molecule has 2 nitrogen and oxygen atoms in total. The van der Waals surface area contributed by atoms with Crippen molar-refractivity contribution in [1.29, 1.82) is 0 Å². The highest BCUT2D eigenvalue weighted by atomic mass is 14.9. The lowest BCUT2D eigenvalue weighted by Gasteiger charge is -2.16. The van der Waals surface area contributed by atoms with Crippen LogP contribution in [0, 0.1) is 5.92 Å². The third-order valence-corrected chi connectivity index (χ3v) is 3.64. The maximum atomic E-state index is 4.36. The molecule has 1 unspecified atom stereocenters. The first-order valence-corrected chi connectivity index (χ1v) is 6.39. The van der Waals surface area contributed by atoms with Crippen LogP contribution in [0.25, 0.3) is 10.9 Å². The van der Waals surface area contributed by atoms with Gasteiger partial charge in [-0.05, 0) is 43.1 Å². The van der Waals surface area contributed by atoms with Gasteiger partial charge in [0.25, 0.3) is 0 Å². The summed E-state index contributed by atoms with van der Waals surface area (Å²) < 4.78 is 0. The fourth-order valence-corrected chi connectivity index (χ4v) is 2.42. The predicted molar refractivity (Wildman–Crippen MR) is 70.9 cm³/mol. The van der Waals surface area contributed by atoms with Gasteiger partial charge in [-0.25, -0.2) is 0 Å². The third kappa shape index (κ3) is 2.32. The molecule has 0 bridgehead atoms. The van der Waals surface area contributed by atoms with Gasteiger partial charge in [0.05, 0.1) is 5.52 Å². The van der Waals surface area contributed by atoms with E-state index in [2.05, 4.69) is 41.6 Å². The van der Waals surface area contributed by atoms with E-state index >= 15 is 0 Å². The summed E-state index contributed by atoms with van der Waals surface area (Å²) in [7, 11) is 2.06. The van der Waals surface area contributed by atoms with Gasteiger partial charge in [0.15, 0.2) is 0 Å². The van der Waals surface area contributed by atoms with Crippen LogP contribution >= 0.6 is 0 Å². The van der Waals surface area contributed by atoms with Gasteiger partial charge < -0.3 is 5.32 Å². The van der Waals surface area contributed by atoms with Gasteiger partial charge in [-0.2, -0.15) is 0 Å². The Hall–Kier alpha value is -1.41. The molecule has 1 aromatic heterocycles. The largest absolute Gasteiger partial charge is 0.313 e. The van der Waals surface area contributed by atoms with Gasteiger partial charge in [-0.1, -0.05) is 25.0 Å². The van der Waals surface area contributed by atoms with E-state index in [1.807, 2.05) is 12.3 Å². The molecule has 1 fully saturated rings. The van der Waals surface area contributed by atoms with Crippen molar-refractivity contribution in [2.75, 3.05) is 7.05 Å². The number of pyridine rings is 1. The number of rotatable bonds is 4. The van der Waals surface area contributed by atoms with Gasteiger partial charge in [-0.15, -0.1) is 0 Å². The van der Waals surface area contributed by atoms with E-state index in [0.29, 0.717) is 6.04 Å². The SMILES string of the molecule is CNC(CC1CC1)c1ccc2ncccc2c1. The first kappa shape index (κ1) is 10.7. The van der Waals surface area contributed by atoms with Gasteiger partial charge in [0, 0.05) is 17.6 Å². The quantitative estimate of drug-likeness (QED) is 0.865. The molecule has 1 saturated carbocycles. The van der Waals surface area contributed by atoms with E-state index in [9.17, 15) is 0 Å². The highest BCUT2D eigenvalue weighted by Crippen LogP contribution is 2.37. The lowest BCUT2D eigenvalue weighted by atomic mass is 9.99. The Kier molecular flexibility index (Phi) is 2.81. The molecule has 0 radical (unpaired) electrons. The van der Waals surface area contributed by atoms with Crippen molar-refractivity contribution in [3.05, 3.63) is 42.1 Å². The molecule has 0 amide bonds. The van der Waals surface area contributed by atoms with Crippen molar-refractivity contribution < 1.29 is 0 Å². The summed E-state index contributed by atoms with van der Waals surface area (Å²) in [5.74, 6) is 0.942. The highest BCUT2D eigenvalue weighted by Gasteiger charge is 2.25. The summed E-state index contributed by atoms with van der Waals surface area (Å²) in [5, 5.41) is 4.67. The fraction of sp³-hybridized carbons (Fsp3) is 0.400. The summed E-state index contributed by atoms with van der Waals surface area (Å²) >= 11 is 0. The summed E-state index contributed by atoms with van der Waals surface area (Å²) in [6.45, 7) is 0. The number of nitrogens with one attached hydrogen (secondary N) is 1. The first-order chi connectivity index (χ1) is 8.36. The average Bonchev–Trinajstić information content (AvgIpc) is 3.19. The van der Waals surface area contributed by atoms with Crippen LogP contribution in [0.1, 0.15) is 30.9 Å². The summed E-state index contributed by atoms with van der Waals surface area (Å²) in [6, 6.07) is 11.2. The number of fused-ring (bicyclic) bond motifs is 1. The number of hydrogen-bond acceptors (Lipinski definition) is 2. The molecule has 0 spiro atoms. The second kappa shape index (κ2) is 4.46. The second-order valence-corrected chi connectivity index (χ2v) is 4.98. The van der Waals surface area contributed by atoms with Crippen molar-refractivity contribution in [2.24, 2.45) is 5.92 Å². The smallest absolute Gasteiger partial charge is 0.0702 e. The van der Waals surface area contributed by atoms with Gasteiger partial charge >= 0.3 is 0 Å². The van der Waals surface area contributed by atoms with Gasteiger partial charge in [0.2, 0.25) is 0 Å². The van der Waals surface area contributed by atoms with E-state index in [4.69, 9.17) is 0 Å². The standard InChI is InChI=1S/C15H18N2/c1-16-15(9-11-4-5-11)13-6-7-14-12(10-13)3-2-8-17-14/h2-3,6-8,10-11,15-16H,4-5,9H2,1H3. The fourth-order valence-electron chi connectivity index (χ4n) is 2.42. The molecular formula is C15H18N2. The zero-order valence-corrected chi connectivity index (χ0v) is 10.2. The van der Waals surface area contributed by atoms with Gasteiger partial charge in [-0.3, -0.25) is 4.98 Å². The molecule has 1 N–H and O–H groups in total. The maximum Gasteiger partial charge on any atom is 0.0702 e. The van der Waals surface area contributed by atoms with Crippen molar-refractivity contribution in [2.45, 2.75) is 25.3 Å². The van der Waals surface area contributed by atoms with Gasteiger partial charge in [0.1, 0.15) is 0 Å². The third-order valence-electron chi connectivity index (χ3n) is 3.64. The monoisotopic (exact) mass is 226 g/mol. The second-order valence-electron chi connectivity index (χ2n) is 4.98. The minimum absolute atomic E-state index is 0.493. The lowest BCUT2D eigenvalue weighted by Crippen LogP contribution is -2.16.